The Morgan fingerprint density at radius 3 is 2.47 bits per heavy atom. The van der Waals surface area contributed by atoms with E-state index < -0.39 is 10.0 Å². The Labute approximate surface area is 130 Å². The smallest absolute Gasteiger partial charge is 0.241 e. The van der Waals surface area contributed by atoms with Crippen molar-refractivity contribution >= 4 is 41.9 Å². The van der Waals surface area contributed by atoms with Crippen molar-refractivity contribution in [3.63, 3.8) is 0 Å². The third-order valence-corrected chi connectivity index (χ3v) is 6.68. The van der Waals surface area contributed by atoms with Crippen molar-refractivity contribution in [1.29, 1.82) is 0 Å². The Kier molecular flexibility index (Phi) is 4.42. The minimum atomic E-state index is -3.55. The molecular weight excluding hydrogens is 396 g/mol. The molecule has 0 heterocycles. The maximum Gasteiger partial charge on any atom is 0.241 e. The predicted molar refractivity (Wildman–Crippen MR) is 82.5 cm³/mol. The molecule has 2 rings (SSSR count). The summed E-state index contributed by atoms with van der Waals surface area (Å²) in [5.41, 5.74) is 6.63. The fourth-order valence-electron chi connectivity index (χ4n) is 1.96. The lowest BCUT2D eigenvalue weighted by Gasteiger charge is -2.38. The molecule has 1 aliphatic carbocycles. The van der Waals surface area contributed by atoms with Crippen LogP contribution in [0.3, 0.4) is 0 Å². The monoisotopic (exact) mass is 410 g/mol. The van der Waals surface area contributed by atoms with Crippen molar-refractivity contribution in [2.75, 3.05) is 6.54 Å². The van der Waals surface area contributed by atoms with Gasteiger partial charge in [0.25, 0.3) is 0 Å². The fraction of sp³-hybridized carbons (Fsp3) is 0.500. The zero-order valence-electron chi connectivity index (χ0n) is 10.5. The number of rotatable bonds is 4. The van der Waals surface area contributed by atoms with E-state index in [9.17, 15) is 8.42 Å². The van der Waals surface area contributed by atoms with Crippen LogP contribution >= 0.6 is 31.9 Å². The molecule has 4 nitrogen and oxygen atoms in total. The van der Waals surface area contributed by atoms with Crippen LogP contribution in [0.2, 0.25) is 0 Å². The Balaban J connectivity index is 2.22. The Morgan fingerprint density at radius 2 is 1.95 bits per heavy atom. The van der Waals surface area contributed by atoms with Crippen LogP contribution in [0.4, 0.5) is 0 Å². The summed E-state index contributed by atoms with van der Waals surface area (Å²) in [6, 6.07) is 3.38. The van der Waals surface area contributed by atoms with E-state index in [0.29, 0.717) is 4.47 Å². The summed E-state index contributed by atoms with van der Waals surface area (Å²) in [5, 5.41) is 0. The molecule has 0 saturated heterocycles. The molecule has 1 aromatic carbocycles. The zero-order chi connectivity index (χ0) is 14.3. The van der Waals surface area contributed by atoms with Crippen LogP contribution in [-0.4, -0.2) is 20.5 Å². The second-order valence-corrected chi connectivity index (χ2v) is 8.52. The number of sulfonamides is 1. The van der Waals surface area contributed by atoms with Gasteiger partial charge in [-0.2, -0.15) is 0 Å². The maximum absolute atomic E-state index is 12.3. The number of halogens is 2. The predicted octanol–water partition coefficient (Wildman–Crippen LogP) is 2.68. The molecule has 19 heavy (non-hydrogen) atoms. The zero-order valence-corrected chi connectivity index (χ0v) is 14.5. The van der Waals surface area contributed by atoms with E-state index in [-0.39, 0.29) is 17.0 Å². The number of nitrogens with two attached hydrogens (primary N) is 1. The van der Waals surface area contributed by atoms with E-state index in [0.717, 1.165) is 29.3 Å². The Bertz CT molecular complexity index is 598. The summed E-state index contributed by atoms with van der Waals surface area (Å²) < 4.78 is 28.5. The highest BCUT2D eigenvalue weighted by atomic mass is 79.9. The molecule has 0 aliphatic heterocycles. The van der Waals surface area contributed by atoms with E-state index in [1.807, 2.05) is 6.92 Å². The largest absolute Gasteiger partial charge is 0.324 e. The Morgan fingerprint density at radius 1 is 1.32 bits per heavy atom. The van der Waals surface area contributed by atoms with Gasteiger partial charge in [-0.25, -0.2) is 13.1 Å². The summed E-state index contributed by atoms with van der Waals surface area (Å²) in [4.78, 5) is 0.230. The lowest BCUT2D eigenvalue weighted by atomic mass is 9.78. The standard InChI is InChI=1S/C12H16Br2N2O2S/c1-8-5-10(14)11(6-9(8)13)19(17,18)16-7-12(15)3-2-4-12/h5-6,16H,2-4,7,15H2,1H3. The van der Waals surface area contributed by atoms with Gasteiger partial charge in [-0.1, -0.05) is 15.9 Å². The number of hydrogen-bond donors (Lipinski definition) is 2. The summed E-state index contributed by atoms with van der Waals surface area (Å²) in [6.07, 6.45) is 2.81. The molecule has 0 radical (unpaired) electrons. The topological polar surface area (TPSA) is 72.2 Å². The molecule has 3 N–H and O–H groups in total. The van der Waals surface area contributed by atoms with Crippen LogP contribution in [0, 0.1) is 6.92 Å². The van der Waals surface area contributed by atoms with Gasteiger partial charge in [0.15, 0.2) is 0 Å². The molecule has 1 saturated carbocycles. The average molecular weight is 412 g/mol. The minimum absolute atomic E-state index is 0.230. The molecule has 0 aromatic heterocycles. The first-order valence-electron chi connectivity index (χ1n) is 5.98. The van der Waals surface area contributed by atoms with Gasteiger partial charge in [0.2, 0.25) is 10.0 Å². The van der Waals surface area contributed by atoms with E-state index in [1.54, 1.807) is 12.1 Å². The van der Waals surface area contributed by atoms with Crippen molar-refractivity contribution in [1.82, 2.24) is 4.72 Å². The van der Waals surface area contributed by atoms with E-state index >= 15 is 0 Å². The first-order chi connectivity index (χ1) is 8.73. The SMILES string of the molecule is Cc1cc(Br)c(S(=O)(=O)NCC2(N)CCC2)cc1Br. The molecule has 1 fully saturated rings. The molecule has 1 aliphatic rings. The number of aryl methyl sites for hydroxylation is 1. The second kappa shape index (κ2) is 5.44. The van der Waals surface area contributed by atoms with Gasteiger partial charge in [0.1, 0.15) is 0 Å². The third-order valence-electron chi connectivity index (χ3n) is 3.47. The van der Waals surface area contributed by atoms with Crippen LogP contribution in [0.25, 0.3) is 0 Å². The second-order valence-electron chi connectivity index (χ2n) is 5.07. The molecule has 0 bridgehead atoms. The molecule has 0 unspecified atom stereocenters. The number of benzene rings is 1. The number of nitrogens with one attached hydrogen (secondary N) is 1. The highest BCUT2D eigenvalue weighted by Crippen LogP contribution is 2.31. The van der Waals surface area contributed by atoms with E-state index in [4.69, 9.17) is 5.73 Å². The third kappa shape index (κ3) is 3.39. The molecule has 0 amide bonds. The maximum atomic E-state index is 12.3. The van der Waals surface area contributed by atoms with Crippen LogP contribution < -0.4 is 10.5 Å². The first kappa shape index (κ1) is 15.4. The lowest BCUT2D eigenvalue weighted by Crippen LogP contribution is -2.54. The average Bonchev–Trinajstić information content (AvgIpc) is 2.28. The molecule has 1 aromatic rings. The molecule has 0 spiro atoms. The highest BCUT2D eigenvalue weighted by Gasteiger charge is 2.34. The van der Waals surface area contributed by atoms with Crippen LogP contribution in [0.15, 0.2) is 26.0 Å². The summed E-state index contributed by atoms with van der Waals surface area (Å²) in [5.74, 6) is 0. The van der Waals surface area contributed by atoms with Crippen LogP contribution in [0.5, 0.6) is 0 Å². The summed E-state index contributed by atoms with van der Waals surface area (Å²) in [6.45, 7) is 2.19. The molecule has 7 heteroatoms. The normalized spacial score (nSPS) is 18.1. The quantitative estimate of drug-likeness (QED) is 0.799. The fourth-order valence-corrected chi connectivity index (χ4v) is 4.77. The highest BCUT2D eigenvalue weighted by molar-refractivity contribution is 9.11. The van der Waals surface area contributed by atoms with Crippen molar-refractivity contribution in [3.8, 4) is 0 Å². The summed E-state index contributed by atoms with van der Waals surface area (Å²) in [7, 11) is -3.55. The van der Waals surface area contributed by atoms with Crippen LogP contribution in [-0.2, 0) is 10.0 Å². The van der Waals surface area contributed by atoms with Gasteiger partial charge in [-0.05, 0) is 59.8 Å². The van der Waals surface area contributed by atoms with Crippen molar-refractivity contribution in [2.24, 2.45) is 5.73 Å². The van der Waals surface area contributed by atoms with Gasteiger partial charge >= 0.3 is 0 Å². The van der Waals surface area contributed by atoms with E-state index in [1.165, 1.54) is 0 Å². The van der Waals surface area contributed by atoms with Gasteiger partial charge < -0.3 is 5.73 Å². The minimum Gasteiger partial charge on any atom is -0.324 e. The first-order valence-corrected chi connectivity index (χ1v) is 9.05. The van der Waals surface area contributed by atoms with Crippen molar-refractivity contribution in [3.05, 3.63) is 26.6 Å². The summed E-state index contributed by atoms with van der Waals surface area (Å²) >= 11 is 6.65. The van der Waals surface area contributed by atoms with Crippen molar-refractivity contribution < 1.29 is 8.42 Å². The number of hydrogen-bond acceptors (Lipinski definition) is 3. The molecule has 0 atom stereocenters. The van der Waals surface area contributed by atoms with E-state index in [2.05, 4.69) is 36.6 Å². The lowest BCUT2D eigenvalue weighted by molar-refractivity contribution is 0.251. The molecular formula is C12H16Br2N2O2S. The van der Waals surface area contributed by atoms with Gasteiger partial charge in [-0.3, -0.25) is 0 Å². The van der Waals surface area contributed by atoms with Gasteiger partial charge in [0, 0.05) is 21.0 Å². The van der Waals surface area contributed by atoms with Gasteiger partial charge in [-0.15, -0.1) is 0 Å². The van der Waals surface area contributed by atoms with Gasteiger partial charge in [0.05, 0.1) is 4.90 Å². The van der Waals surface area contributed by atoms with Crippen molar-refractivity contribution in [2.45, 2.75) is 36.6 Å². The van der Waals surface area contributed by atoms with Crippen LogP contribution in [0.1, 0.15) is 24.8 Å². The molecule has 106 valence electrons. The Hall–Kier alpha value is 0.0500.